The number of nitrogens with zero attached hydrogens (tertiary/aromatic N) is 5. The molecular formula is C22H30N6O. The Morgan fingerprint density at radius 3 is 2.07 bits per heavy atom. The van der Waals surface area contributed by atoms with Crippen LogP contribution in [0.1, 0.15) is 36.0 Å². The molecule has 0 saturated carbocycles. The Kier molecular flexibility index (Phi) is 6.24. The summed E-state index contributed by atoms with van der Waals surface area (Å²) in [7, 11) is 2.15. The Bertz CT molecular complexity index is 791. The molecule has 0 atom stereocenters. The third kappa shape index (κ3) is 5.03. The largest absolute Gasteiger partial charge is 0.369 e. The standard InChI is InChI=1S/C22H30N6O/c1-26-12-14-27(15-13-26)20-8-6-19(7-9-20)25-21(29)18-16-23-22(24-17-18)28-10-4-2-3-5-11-28/h6-9,16-17H,2-5,10-15H2,1H3,(H,25,29). The van der Waals surface area contributed by atoms with Gasteiger partial charge in [0.2, 0.25) is 5.95 Å². The molecule has 2 aliphatic rings. The number of likely N-dealkylation sites (N-methyl/N-ethyl adjacent to an activating group) is 1. The van der Waals surface area contributed by atoms with Gasteiger partial charge in [0, 0.05) is 63.0 Å². The molecule has 0 spiro atoms. The highest BCUT2D eigenvalue weighted by Crippen LogP contribution is 2.20. The molecule has 7 heteroatoms. The fourth-order valence-electron chi connectivity index (χ4n) is 3.90. The number of carbonyl (C=O) groups is 1. The van der Waals surface area contributed by atoms with E-state index >= 15 is 0 Å². The van der Waals surface area contributed by atoms with Gasteiger partial charge < -0.3 is 20.0 Å². The SMILES string of the molecule is CN1CCN(c2ccc(NC(=O)c3cnc(N4CCCCCC4)nc3)cc2)CC1. The zero-order valence-corrected chi connectivity index (χ0v) is 17.2. The highest BCUT2D eigenvalue weighted by atomic mass is 16.1. The molecule has 2 fully saturated rings. The molecule has 3 heterocycles. The summed E-state index contributed by atoms with van der Waals surface area (Å²) in [6.45, 7) is 6.19. The van der Waals surface area contributed by atoms with Gasteiger partial charge in [-0.25, -0.2) is 9.97 Å². The first-order chi connectivity index (χ1) is 14.2. The van der Waals surface area contributed by atoms with Crippen LogP contribution in [0.15, 0.2) is 36.7 Å². The monoisotopic (exact) mass is 394 g/mol. The second kappa shape index (κ2) is 9.22. The van der Waals surface area contributed by atoms with Crippen LogP contribution in [0.4, 0.5) is 17.3 Å². The van der Waals surface area contributed by atoms with Crippen molar-refractivity contribution in [1.82, 2.24) is 14.9 Å². The molecule has 0 unspecified atom stereocenters. The molecule has 0 radical (unpaired) electrons. The van der Waals surface area contributed by atoms with E-state index in [1.54, 1.807) is 12.4 Å². The van der Waals surface area contributed by atoms with Crippen molar-refractivity contribution in [2.24, 2.45) is 0 Å². The van der Waals surface area contributed by atoms with Crippen LogP contribution in [-0.2, 0) is 0 Å². The van der Waals surface area contributed by atoms with Crippen LogP contribution >= 0.6 is 0 Å². The average molecular weight is 395 g/mol. The highest BCUT2D eigenvalue weighted by molar-refractivity contribution is 6.03. The first-order valence-corrected chi connectivity index (χ1v) is 10.6. The highest BCUT2D eigenvalue weighted by Gasteiger charge is 2.16. The molecule has 29 heavy (non-hydrogen) atoms. The number of hydrogen-bond acceptors (Lipinski definition) is 6. The quantitative estimate of drug-likeness (QED) is 0.860. The van der Waals surface area contributed by atoms with Crippen molar-refractivity contribution in [2.75, 3.05) is 61.4 Å². The van der Waals surface area contributed by atoms with Crippen LogP contribution in [0.25, 0.3) is 0 Å². The molecular weight excluding hydrogens is 364 g/mol. The van der Waals surface area contributed by atoms with Crippen molar-refractivity contribution in [3.05, 3.63) is 42.2 Å². The Morgan fingerprint density at radius 1 is 0.828 bits per heavy atom. The molecule has 154 valence electrons. The maximum Gasteiger partial charge on any atom is 0.258 e. The van der Waals surface area contributed by atoms with Crippen molar-refractivity contribution >= 4 is 23.2 Å². The minimum atomic E-state index is -0.181. The van der Waals surface area contributed by atoms with Crippen LogP contribution in [0.3, 0.4) is 0 Å². The maximum absolute atomic E-state index is 12.6. The smallest absolute Gasteiger partial charge is 0.258 e. The van der Waals surface area contributed by atoms with Crippen molar-refractivity contribution < 1.29 is 4.79 Å². The number of hydrogen-bond donors (Lipinski definition) is 1. The van der Waals surface area contributed by atoms with Gasteiger partial charge in [-0.3, -0.25) is 4.79 Å². The van der Waals surface area contributed by atoms with Crippen LogP contribution < -0.4 is 15.1 Å². The molecule has 1 aromatic heterocycles. The van der Waals surface area contributed by atoms with Crippen LogP contribution in [0.2, 0.25) is 0 Å². The lowest BCUT2D eigenvalue weighted by molar-refractivity contribution is 0.102. The normalized spacial score (nSPS) is 18.4. The van der Waals surface area contributed by atoms with Gasteiger partial charge >= 0.3 is 0 Å². The van der Waals surface area contributed by atoms with Gasteiger partial charge in [-0.15, -0.1) is 0 Å². The molecule has 2 saturated heterocycles. The van der Waals surface area contributed by atoms with E-state index in [-0.39, 0.29) is 5.91 Å². The molecule has 1 amide bonds. The van der Waals surface area contributed by atoms with Crippen molar-refractivity contribution in [3.8, 4) is 0 Å². The van der Waals surface area contributed by atoms with Gasteiger partial charge in [-0.05, 0) is 44.2 Å². The summed E-state index contributed by atoms with van der Waals surface area (Å²) in [4.78, 5) is 28.4. The van der Waals surface area contributed by atoms with E-state index in [4.69, 9.17) is 0 Å². The number of carbonyl (C=O) groups excluding carboxylic acids is 1. The van der Waals surface area contributed by atoms with Crippen molar-refractivity contribution in [3.63, 3.8) is 0 Å². The number of benzene rings is 1. The summed E-state index contributed by atoms with van der Waals surface area (Å²) in [5, 5.41) is 2.95. The second-order valence-corrected chi connectivity index (χ2v) is 7.96. The Labute approximate surface area is 172 Å². The van der Waals surface area contributed by atoms with Gasteiger partial charge in [-0.1, -0.05) is 12.8 Å². The summed E-state index contributed by atoms with van der Waals surface area (Å²) in [5.41, 5.74) is 2.46. The van der Waals surface area contributed by atoms with Crippen molar-refractivity contribution in [2.45, 2.75) is 25.7 Å². The fraction of sp³-hybridized carbons (Fsp3) is 0.500. The topological polar surface area (TPSA) is 64.6 Å². The third-order valence-corrected chi connectivity index (χ3v) is 5.78. The predicted molar refractivity (Wildman–Crippen MR) is 117 cm³/mol. The summed E-state index contributed by atoms with van der Waals surface area (Å²) in [5.74, 6) is 0.541. The number of aromatic nitrogens is 2. The zero-order valence-electron chi connectivity index (χ0n) is 17.2. The lowest BCUT2D eigenvalue weighted by Crippen LogP contribution is -2.44. The van der Waals surface area contributed by atoms with Gasteiger partial charge in [0.15, 0.2) is 0 Å². The summed E-state index contributed by atoms with van der Waals surface area (Å²) >= 11 is 0. The number of nitrogens with one attached hydrogen (secondary N) is 1. The number of rotatable bonds is 4. The lowest BCUT2D eigenvalue weighted by atomic mass is 10.2. The van der Waals surface area contributed by atoms with Crippen molar-refractivity contribution in [1.29, 1.82) is 0 Å². The van der Waals surface area contributed by atoms with Crippen LogP contribution in [0, 0.1) is 0 Å². The number of anilines is 3. The number of amides is 1. The molecule has 7 nitrogen and oxygen atoms in total. The van der Waals surface area contributed by atoms with Gasteiger partial charge in [-0.2, -0.15) is 0 Å². The fourth-order valence-corrected chi connectivity index (χ4v) is 3.90. The van der Waals surface area contributed by atoms with Crippen LogP contribution in [0.5, 0.6) is 0 Å². The van der Waals surface area contributed by atoms with E-state index in [0.29, 0.717) is 5.56 Å². The lowest BCUT2D eigenvalue weighted by Gasteiger charge is -2.34. The van der Waals surface area contributed by atoms with E-state index in [2.05, 4.69) is 49.2 Å². The minimum absolute atomic E-state index is 0.181. The Balaban J connectivity index is 1.35. The number of piperazine rings is 1. The summed E-state index contributed by atoms with van der Waals surface area (Å²) in [6, 6.07) is 8.05. The van der Waals surface area contributed by atoms with Gasteiger partial charge in [0.25, 0.3) is 5.91 Å². The molecule has 0 bridgehead atoms. The molecule has 4 rings (SSSR count). The zero-order chi connectivity index (χ0) is 20.1. The maximum atomic E-state index is 12.6. The van der Waals surface area contributed by atoms with E-state index in [1.807, 2.05) is 12.1 Å². The Morgan fingerprint density at radius 2 is 1.45 bits per heavy atom. The van der Waals surface area contributed by atoms with E-state index in [1.165, 1.54) is 31.4 Å². The molecule has 2 aromatic rings. The van der Waals surface area contributed by atoms with E-state index < -0.39 is 0 Å². The first kappa shape index (κ1) is 19.6. The molecule has 1 N–H and O–H groups in total. The molecule has 1 aromatic carbocycles. The molecule has 0 aliphatic carbocycles. The predicted octanol–water partition coefficient (Wildman–Crippen LogP) is 2.86. The van der Waals surface area contributed by atoms with E-state index in [9.17, 15) is 4.79 Å². The molecule has 2 aliphatic heterocycles. The second-order valence-electron chi connectivity index (χ2n) is 7.96. The average Bonchev–Trinajstić information content (AvgIpc) is 3.05. The van der Waals surface area contributed by atoms with Gasteiger partial charge in [0.1, 0.15) is 0 Å². The van der Waals surface area contributed by atoms with Crippen LogP contribution in [-0.4, -0.2) is 67.1 Å². The first-order valence-electron chi connectivity index (χ1n) is 10.6. The Hall–Kier alpha value is -2.67. The minimum Gasteiger partial charge on any atom is -0.369 e. The van der Waals surface area contributed by atoms with Gasteiger partial charge in [0.05, 0.1) is 5.56 Å². The summed E-state index contributed by atoms with van der Waals surface area (Å²) < 4.78 is 0. The summed E-state index contributed by atoms with van der Waals surface area (Å²) in [6.07, 6.45) is 8.14. The van der Waals surface area contributed by atoms with E-state index in [0.717, 1.165) is 50.9 Å². The third-order valence-electron chi connectivity index (χ3n) is 5.78.